The summed E-state index contributed by atoms with van der Waals surface area (Å²) in [7, 11) is 0. The highest BCUT2D eigenvalue weighted by Crippen LogP contribution is 2.28. The molecule has 0 unspecified atom stereocenters. The van der Waals surface area contributed by atoms with Gasteiger partial charge in [0.25, 0.3) is 0 Å². The molecular formula is C9H8ClFO2. The number of carbonyl (C=O) groups is 1. The van der Waals surface area contributed by atoms with Crippen molar-refractivity contribution in [2.75, 3.05) is 0 Å². The van der Waals surface area contributed by atoms with Crippen LogP contribution in [0.5, 0.6) is 5.75 Å². The van der Waals surface area contributed by atoms with Gasteiger partial charge in [0.2, 0.25) is 0 Å². The van der Waals surface area contributed by atoms with E-state index in [4.69, 9.17) is 11.6 Å². The first-order chi connectivity index (χ1) is 6.02. The second-order valence-electron chi connectivity index (χ2n) is 2.74. The lowest BCUT2D eigenvalue weighted by atomic mass is 10.1. The summed E-state index contributed by atoms with van der Waals surface area (Å²) in [6.07, 6.45) is -0.0531. The fourth-order valence-electron chi connectivity index (χ4n) is 1.00. The van der Waals surface area contributed by atoms with E-state index in [-0.39, 0.29) is 22.8 Å². The van der Waals surface area contributed by atoms with Gasteiger partial charge in [-0.25, -0.2) is 4.39 Å². The predicted molar refractivity (Wildman–Crippen MR) is 47.5 cm³/mol. The minimum absolute atomic E-state index is 0.0531. The van der Waals surface area contributed by atoms with Crippen molar-refractivity contribution in [2.24, 2.45) is 0 Å². The number of ketones is 1. The van der Waals surface area contributed by atoms with Gasteiger partial charge < -0.3 is 5.11 Å². The fourth-order valence-corrected chi connectivity index (χ4v) is 1.22. The third-order valence-electron chi connectivity index (χ3n) is 1.60. The molecule has 1 rings (SSSR count). The first-order valence-corrected chi connectivity index (χ1v) is 4.05. The Hall–Kier alpha value is -1.09. The molecule has 0 saturated carbocycles. The van der Waals surface area contributed by atoms with Gasteiger partial charge in [-0.1, -0.05) is 11.6 Å². The molecule has 2 nitrogen and oxygen atoms in total. The Bertz CT molecular complexity index is 350. The number of hydrogen-bond acceptors (Lipinski definition) is 2. The maximum absolute atomic E-state index is 12.8. The minimum atomic E-state index is -0.763. The van der Waals surface area contributed by atoms with Crippen LogP contribution in [0.3, 0.4) is 0 Å². The number of carbonyl (C=O) groups excluding carboxylic acids is 1. The monoisotopic (exact) mass is 202 g/mol. The molecular weight excluding hydrogens is 195 g/mol. The van der Waals surface area contributed by atoms with Gasteiger partial charge in [0.1, 0.15) is 5.78 Å². The number of aromatic hydroxyl groups is 1. The predicted octanol–water partition coefficient (Wildman–Crippen LogP) is 2.32. The van der Waals surface area contributed by atoms with Crippen LogP contribution in [0.25, 0.3) is 0 Å². The molecule has 0 atom stereocenters. The Morgan fingerprint density at radius 3 is 2.77 bits per heavy atom. The van der Waals surface area contributed by atoms with E-state index in [1.54, 1.807) is 0 Å². The maximum atomic E-state index is 12.8. The summed E-state index contributed by atoms with van der Waals surface area (Å²) < 4.78 is 12.8. The number of benzene rings is 1. The van der Waals surface area contributed by atoms with Gasteiger partial charge in [0.05, 0.1) is 0 Å². The minimum Gasteiger partial charge on any atom is -0.505 e. The number of phenolic OH excluding ortho intramolecular Hbond substituents is 1. The lowest BCUT2D eigenvalue weighted by molar-refractivity contribution is -0.116. The summed E-state index contributed by atoms with van der Waals surface area (Å²) in [5, 5.41) is 9.42. The summed E-state index contributed by atoms with van der Waals surface area (Å²) in [5.41, 5.74) is 0.147. The third kappa shape index (κ3) is 2.18. The van der Waals surface area contributed by atoms with Gasteiger partial charge >= 0.3 is 0 Å². The largest absolute Gasteiger partial charge is 0.505 e. The summed E-state index contributed by atoms with van der Waals surface area (Å²) >= 11 is 5.67. The number of rotatable bonds is 2. The third-order valence-corrected chi connectivity index (χ3v) is 1.96. The molecule has 0 bridgehead atoms. The van der Waals surface area contributed by atoms with Gasteiger partial charge in [0.15, 0.2) is 11.6 Å². The molecule has 0 aliphatic heterocycles. The van der Waals surface area contributed by atoms with Crippen molar-refractivity contribution in [3.8, 4) is 5.75 Å². The van der Waals surface area contributed by atoms with Crippen LogP contribution in [-0.4, -0.2) is 10.9 Å². The molecule has 1 aromatic carbocycles. The number of phenols is 1. The Balaban J connectivity index is 3.17. The second-order valence-corrected chi connectivity index (χ2v) is 3.14. The Morgan fingerprint density at radius 1 is 1.62 bits per heavy atom. The molecule has 1 N–H and O–H groups in total. The maximum Gasteiger partial charge on any atom is 0.165 e. The summed E-state index contributed by atoms with van der Waals surface area (Å²) in [6.45, 7) is 1.35. The zero-order valence-corrected chi connectivity index (χ0v) is 7.73. The highest BCUT2D eigenvalue weighted by molar-refractivity contribution is 6.31. The van der Waals surface area contributed by atoms with Gasteiger partial charge in [-0.3, -0.25) is 4.79 Å². The highest BCUT2D eigenvalue weighted by Gasteiger charge is 2.12. The Morgan fingerprint density at radius 2 is 2.23 bits per heavy atom. The Labute approximate surface area is 80.0 Å². The van der Waals surface area contributed by atoms with E-state index in [0.29, 0.717) is 0 Å². The smallest absolute Gasteiger partial charge is 0.165 e. The van der Waals surface area contributed by atoms with Gasteiger partial charge in [0, 0.05) is 17.0 Å². The first kappa shape index (κ1) is 9.99. The highest BCUT2D eigenvalue weighted by atomic mass is 35.5. The lowest BCUT2D eigenvalue weighted by Gasteiger charge is -2.05. The Kier molecular flexibility index (Phi) is 2.88. The van der Waals surface area contributed by atoms with Crippen LogP contribution < -0.4 is 0 Å². The van der Waals surface area contributed by atoms with Gasteiger partial charge in [-0.2, -0.15) is 0 Å². The van der Waals surface area contributed by atoms with Crippen molar-refractivity contribution >= 4 is 17.4 Å². The average Bonchev–Trinajstić information content (AvgIpc) is 2.05. The molecule has 0 aliphatic rings. The molecule has 1 aromatic rings. The molecule has 13 heavy (non-hydrogen) atoms. The average molecular weight is 203 g/mol. The van der Waals surface area contributed by atoms with E-state index in [2.05, 4.69) is 0 Å². The summed E-state index contributed by atoms with van der Waals surface area (Å²) in [6, 6.07) is 2.37. The molecule has 0 aromatic heterocycles. The molecule has 0 heterocycles. The van der Waals surface area contributed by atoms with Gasteiger partial charge in [-0.05, 0) is 19.1 Å². The lowest BCUT2D eigenvalue weighted by Crippen LogP contribution is -1.98. The van der Waals surface area contributed by atoms with Crippen molar-refractivity contribution in [3.63, 3.8) is 0 Å². The quantitative estimate of drug-likeness (QED) is 0.799. The van der Waals surface area contributed by atoms with Crippen molar-refractivity contribution < 1.29 is 14.3 Å². The number of Topliss-reactive ketones (excluding diaryl/α,β-unsaturated/α-hetero) is 1. The normalized spacial score (nSPS) is 10.1. The molecule has 0 fully saturated rings. The molecule has 4 heteroatoms. The van der Waals surface area contributed by atoms with E-state index < -0.39 is 11.6 Å². The van der Waals surface area contributed by atoms with E-state index in [0.717, 1.165) is 6.07 Å². The SMILES string of the molecule is CC(=O)Cc1c(Cl)ccc(F)c1O. The zero-order valence-electron chi connectivity index (χ0n) is 6.97. The molecule has 0 aliphatic carbocycles. The molecule has 70 valence electrons. The van der Waals surface area contributed by atoms with Gasteiger partial charge in [-0.15, -0.1) is 0 Å². The van der Waals surface area contributed by atoms with E-state index in [1.807, 2.05) is 0 Å². The standard InChI is InChI=1S/C9H8ClFO2/c1-5(12)4-6-7(10)2-3-8(11)9(6)13/h2-3,13H,4H2,1H3. The zero-order chi connectivity index (χ0) is 10.0. The molecule has 0 saturated heterocycles. The van der Waals surface area contributed by atoms with Crippen LogP contribution in [-0.2, 0) is 11.2 Å². The van der Waals surface area contributed by atoms with Crippen LogP contribution >= 0.6 is 11.6 Å². The summed E-state index contributed by atoms with van der Waals surface area (Å²) in [5.74, 6) is -1.48. The van der Waals surface area contributed by atoms with Crippen LogP contribution in [0.2, 0.25) is 5.02 Å². The number of halogens is 2. The topological polar surface area (TPSA) is 37.3 Å². The number of hydrogen-bond donors (Lipinski definition) is 1. The van der Waals surface area contributed by atoms with Crippen molar-refractivity contribution in [3.05, 3.63) is 28.5 Å². The van der Waals surface area contributed by atoms with Crippen LogP contribution in [0.15, 0.2) is 12.1 Å². The second kappa shape index (κ2) is 3.75. The van der Waals surface area contributed by atoms with E-state index in [1.165, 1.54) is 13.0 Å². The van der Waals surface area contributed by atoms with Crippen molar-refractivity contribution in [1.29, 1.82) is 0 Å². The summed E-state index contributed by atoms with van der Waals surface area (Å²) in [4.78, 5) is 10.7. The van der Waals surface area contributed by atoms with Crippen LogP contribution in [0.4, 0.5) is 4.39 Å². The van der Waals surface area contributed by atoms with Crippen LogP contribution in [0, 0.1) is 5.82 Å². The van der Waals surface area contributed by atoms with Crippen LogP contribution in [0.1, 0.15) is 12.5 Å². The van der Waals surface area contributed by atoms with Crippen molar-refractivity contribution in [2.45, 2.75) is 13.3 Å². The van der Waals surface area contributed by atoms with Crippen molar-refractivity contribution in [1.82, 2.24) is 0 Å². The van der Waals surface area contributed by atoms with E-state index >= 15 is 0 Å². The first-order valence-electron chi connectivity index (χ1n) is 3.67. The molecule has 0 spiro atoms. The molecule has 0 amide bonds. The fraction of sp³-hybridized carbons (Fsp3) is 0.222. The van der Waals surface area contributed by atoms with E-state index in [9.17, 15) is 14.3 Å². The molecule has 0 radical (unpaired) electrons.